The Labute approximate surface area is 166 Å². The van der Waals surface area contributed by atoms with E-state index in [1.807, 2.05) is 11.6 Å². The predicted octanol–water partition coefficient (Wildman–Crippen LogP) is 3.99. The summed E-state index contributed by atoms with van der Waals surface area (Å²) in [7, 11) is 0. The molecule has 3 aromatic rings. The maximum Gasteiger partial charge on any atom is 0.123 e. The summed E-state index contributed by atoms with van der Waals surface area (Å²) in [5.41, 5.74) is 5.62. The van der Waals surface area contributed by atoms with Gasteiger partial charge < -0.3 is 5.32 Å². The van der Waals surface area contributed by atoms with Crippen molar-refractivity contribution in [2.24, 2.45) is 0 Å². The van der Waals surface area contributed by atoms with Gasteiger partial charge in [0, 0.05) is 43.5 Å². The van der Waals surface area contributed by atoms with Crippen LogP contribution in [0, 0.1) is 19.7 Å². The molecule has 0 amide bonds. The minimum Gasteiger partial charge on any atom is -0.308 e. The summed E-state index contributed by atoms with van der Waals surface area (Å²) in [4.78, 5) is 2.51. The first kappa shape index (κ1) is 18.8. The van der Waals surface area contributed by atoms with Crippen LogP contribution in [0.15, 0.2) is 54.6 Å². The van der Waals surface area contributed by atoms with E-state index in [1.165, 1.54) is 23.3 Å². The van der Waals surface area contributed by atoms with Gasteiger partial charge >= 0.3 is 0 Å². The Morgan fingerprint density at radius 3 is 2.57 bits per heavy atom. The molecule has 0 unspecified atom stereocenters. The first-order valence-electron chi connectivity index (χ1n) is 9.91. The van der Waals surface area contributed by atoms with Crippen LogP contribution < -0.4 is 5.32 Å². The van der Waals surface area contributed by atoms with Crippen molar-refractivity contribution in [3.63, 3.8) is 0 Å². The molecule has 1 N–H and O–H groups in total. The van der Waals surface area contributed by atoms with Gasteiger partial charge in [0.15, 0.2) is 0 Å². The second-order valence-electron chi connectivity index (χ2n) is 7.62. The molecule has 28 heavy (non-hydrogen) atoms. The molecule has 146 valence electrons. The Hall–Kier alpha value is -2.50. The summed E-state index contributed by atoms with van der Waals surface area (Å²) in [6.07, 6.45) is 1.16. The average Bonchev–Trinajstić information content (AvgIpc) is 3.26. The van der Waals surface area contributed by atoms with Crippen LogP contribution in [0.1, 0.15) is 28.9 Å². The van der Waals surface area contributed by atoms with Crippen molar-refractivity contribution < 1.29 is 4.39 Å². The van der Waals surface area contributed by atoms with E-state index >= 15 is 0 Å². The standard InChI is InChI=1S/C23H27FN4/c1-17-23(18(2)28(26-17)22-10-8-20(24)9-11-22)14-25-21-12-13-27(16-21)15-19-6-4-3-5-7-19/h3-11,21,25H,12-16H2,1-2H3/t21-/m1/s1. The molecule has 1 fully saturated rings. The van der Waals surface area contributed by atoms with Crippen LogP contribution in [0.4, 0.5) is 4.39 Å². The monoisotopic (exact) mass is 378 g/mol. The van der Waals surface area contributed by atoms with E-state index in [1.54, 1.807) is 12.1 Å². The largest absolute Gasteiger partial charge is 0.308 e. The Kier molecular flexibility index (Phi) is 5.55. The number of likely N-dealkylation sites (tertiary alicyclic amines) is 1. The number of aromatic nitrogens is 2. The summed E-state index contributed by atoms with van der Waals surface area (Å²) < 4.78 is 15.1. The first-order valence-corrected chi connectivity index (χ1v) is 9.91. The van der Waals surface area contributed by atoms with E-state index in [0.29, 0.717) is 6.04 Å². The first-order chi connectivity index (χ1) is 13.6. The maximum absolute atomic E-state index is 13.2. The number of halogens is 1. The quantitative estimate of drug-likeness (QED) is 0.704. The zero-order valence-corrected chi connectivity index (χ0v) is 16.5. The van der Waals surface area contributed by atoms with Crippen molar-refractivity contribution in [1.82, 2.24) is 20.0 Å². The highest BCUT2D eigenvalue weighted by atomic mass is 19.1. The van der Waals surface area contributed by atoms with Crippen LogP contribution >= 0.6 is 0 Å². The molecule has 5 heteroatoms. The van der Waals surface area contributed by atoms with E-state index in [9.17, 15) is 4.39 Å². The van der Waals surface area contributed by atoms with Crippen molar-refractivity contribution in [3.05, 3.63) is 82.9 Å². The van der Waals surface area contributed by atoms with Crippen LogP contribution in [0.3, 0.4) is 0 Å². The highest BCUT2D eigenvalue weighted by Gasteiger charge is 2.23. The number of nitrogens with one attached hydrogen (secondary N) is 1. The number of rotatable bonds is 6. The minimum atomic E-state index is -0.228. The van der Waals surface area contributed by atoms with Gasteiger partial charge in [0.2, 0.25) is 0 Å². The molecule has 1 saturated heterocycles. The zero-order chi connectivity index (χ0) is 19.5. The molecule has 4 rings (SSSR count). The van der Waals surface area contributed by atoms with Gasteiger partial charge in [0.05, 0.1) is 11.4 Å². The SMILES string of the molecule is Cc1nn(-c2ccc(F)cc2)c(C)c1CN[C@@H]1CCN(Cc2ccccc2)C1. The summed E-state index contributed by atoms with van der Waals surface area (Å²) in [5, 5.41) is 8.38. The molecule has 0 aliphatic carbocycles. The number of hydrogen-bond acceptors (Lipinski definition) is 3. The third-order valence-electron chi connectivity index (χ3n) is 5.60. The number of hydrogen-bond donors (Lipinski definition) is 1. The number of benzene rings is 2. The van der Waals surface area contributed by atoms with E-state index in [2.05, 4.69) is 52.6 Å². The van der Waals surface area contributed by atoms with Gasteiger partial charge in [-0.15, -0.1) is 0 Å². The average molecular weight is 378 g/mol. The van der Waals surface area contributed by atoms with Crippen LogP contribution in [-0.2, 0) is 13.1 Å². The second kappa shape index (κ2) is 8.25. The fourth-order valence-electron chi connectivity index (χ4n) is 4.00. The zero-order valence-electron chi connectivity index (χ0n) is 16.5. The molecular weight excluding hydrogens is 351 g/mol. The van der Waals surface area contributed by atoms with Gasteiger partial charge in [0.25, 0.3) is 0 Å². The molecule has 1 aliphatic heterocycles. The molecular formula is C23H27FN4. The molecule has 1 atom stereocenters. The van der Waals surface area contributed by atoms with E-state index < -0.39 is 0 Å². The lowest BCUT2D eigenvalue weighted by molar-refractivity contribution is 0.320. The van der Waals surface area contributed by atoms with Crippen LogP contribution in [0.5, 0.6) is 0 Å². The van der Waals surface area contributed by atoms with Gasteiger partial charge in [-0.2, -0.15) is 5.10 Å². The molecule has 0 spiro atoms. The maximum atomic E-state index is 13.2. The van der Waals surface area contributed by atoms with E-state index in [4.69, 9.17) is 0 Å². The molecule has 1 aromatic heterocycles. The summed E-state index contributed by atoms with van der Waals surface area (Å²) >= 11 is 0. The van der Waals surface area contributed by atoms with Gasteiger partial charge in [-0.1, -0.05) is 30.3 Å². The van der Waals surface area contributed by atoms with Crippen molar-refractivity contribution in [1.29, 1.82) is 0 Å². The minimum absolute atomic E-state index is 0.228. The fraction of sp³-hybridized carbons (Fsp3) is 0.348. The molecule has 0 radical (unpaired) electrons. The molecule has 4 nitrogen and oxygen atoms in total. The topological polar surface area (TPSA) is 33.1 Å². The third-order valence-corrected chi connectivity index (χ3v) is 5.60. The van der Waals surface area contributed by atoms with Crippen molar-refractivity contribution in [2.45, 2.75) is 39.4 Å². The van der Waals surface area contributed by atoms with Crippen LogP contribution in [0.2, 0.25) is 0 Å². The molecule has 2 heterocycles. The summed E-state index contributed by atoms with van der Waals surface area (Å²) in [5.74, 6) is -0.228. The smallest absolute Gasteiger partial charge is 0.123 e. The Morgan fingerprint density at radius 2 is 1.82 bits per heavy atom. The lowest BCUT2D eigenvalue weighted by Crippen LogP contribution is -2.32. The normalized spacial score (nSPS) is 17.3. The van der Waals surface area contributed by atoms with Crippen molar-refractivity contribution in [3.8, 4) is 5.69 Å². The third kappa shape index (κ3) is 4.16. The van der Waals surface area contributed by atoms with Crippen LogP contribution in [0.25, 0.3) is 5.69 Å². The van der Waals surface area contributed by atoms with Gasteiger partial charge in [-0.3, -0.25) is 4.90 Å². The molecule has 2 aromatic carbocycles. The molecule has 0 saturated carbocycles. The lowest BCUT2D eigenvalue weighted by atomic mass is 10.1. The van der Waals surface area contributed by atoms with Crippen molar-refractivity contribution in [2.75, 3.05) is 13.1 Å². The Balaban J connectivity index is 1.37. The predicted molar refractivity (Wildman–Crippen MR) is 110 cm³/mol. The summed E-state index contributed by atoms with van der Waals surface area (Å²) in [6, 6.07) is 17.6. The van der Waals surface area contributed by atoms with Gasteiger partial charge in [-0.05, 0) is 50.1 Å². The van der Waals surface area contributed by atoms with E-state index in [0.717, 1.165) is 49.7 Å². The van der Waals surface area contributed by atoms with Gasteiger partial charge in [0.1, 0.15) is 5.82 Å². The van der Waals surface area contributed by atoms with Crippen molar-refractivity contribution >= 4 is 0 Å². The second-order valence-corrected chi connectivity index (χ2v) is 7.62. The number of nitrogens with zero attached hydrogens (tertiary/aromatic N) is 3. The fourth-order valence-corrected chi connectivity index (χ4v) is 4.00. The number of aryl methyl sites for hydroxylation is 1. The lowest BCUT2D eigenvalue weighted by Gasteiger charge is -2.17. The Bertz CT molecular complexity index is 918. The van der Waals surface area contributed by atoms with Gasteiger partial charge in [-0.25, -0.2) is 9.07 Å². The van der Waals surface area contributed by atoms with Crippen LogP contribution in [-0.4, -0.2) is 33.8 Å². The van der Waals surface area contributed by atoms with E-state index in [-0.39, 0.29) is 5.82 Å². The molecule has 0 bridgehead atoms. The molecule has 1 aliphatic rings. The Morgan fingerprint density at radius 1 is 1.07 bits per heavy atom. The highest BCUT2D eigenvalue weighted by Crippen LogP contribution is 2.19. The highest BCUT2D eigenvalue weighted by molar-refractivity contribution is 5.37. The summed E-state index contributed by atoms with van der Waals surface area (Å²) in [6.45, 7) is 8.14.